The molecule has 0 aliphatic rings. The van der Waals surface area contributed by atoms with Crippen molar-refractivity contribution in [1.82, 2.24) is 10.6 Å². The van der Waals surface area contributed by atoms with E-state index in [1.807, 2.05) is 6.92 Å². The van der Waals surface area contributed by atoms with Gasteiger partial charge in [0.05, 0.1) is 0 Å². The van der Waals surface area contributed by atoms with E-state index in [0.717, 1.165) is 39.1 Å². The van der Waals surface area contributed by atoms with Gasteiger partial charge in [-0.1, -0.05) is 6.92 Å². The number of hydrogen-bond donors (Lipinski definition) is 2. The lowest BCUT2D eigenvalue weighted by atomic mass is 10.3. The Labute approximate surface area is 86.4 Å². The van der Waals surface area contributed by atoms with Gasteiger partial charge in [-0.05, 0) is 19.4 Å². The van der Waals surface area contributed by atoms with Crippen LogP contribution >= 0.6 is 0 Å². The first-order valence-electron chi connectivity index (χ1n) is 5.27. The van der Waals surface area contributed by atoms with Crippen molar-refractivity contribution in [2.45, 2.75) is 26.2 Å². The van der Waals surface area contributed by atoms with Gasteiger partial charge in [0.15, 0.2) is 0 Å². The smallest absolute Gasteiger partial charge is 0.221 e. The number of amides is 1. The molecule has 0 aromatic rings. The van der Waals surface area contributed by atoms with E-state index in [-0.39, 0.29) is 5.91 Å². The summed E-state index contributed by atoms with van der Waals surface area (Å²) in [6, 6.07) is 0. The zero-order chi connectivity index (χ0) is 10.6. The van der Waals surface area contributed by atoms with Gasteiger partial charge < -0.3 is 15.4 Å². The fourth-order valence-corrected chi connectivity index (χ4v) is 1.07. The number of nitrogens with one attached hydrogen (secondary N) is 2. The monoisotopic (exact) mass is 202 g/mol. The molecule has 84 valence electrons. The number of rotatable bonds is 9. The van der Waals surface area contributed by atoms with Crippen molar-refractivity contribution in [3.8, 4) is 0 Å². The predicted octanol–water partition coefficient (Wildman–Crippen LogP) is 0.529. The molecule has 4 heteroatoms. The van der Waals surface area contributed by atoms with E-state index in [4.69, 9.17) is 4.74 Å². The van der Waals surface area contributed by atoms with Crippen LogP contribution in [0.4, 0.5) is 0 Å². The largest absolute Gasteiger partial charge is 0.385 e. The lowest BCUT2D eigenvalue weighted by molar-refractivity contribution is -0.121. The fraction of sp³-hybridized carbons (Fsp3) is 0.900. The quantitative estimate of drug-likeness (QED) is 0.536. The van der Waals surface area contributed by atoms with E-state index in [1.54, 1.807) is 7.11 Å². The molecule has 2 N–H and O–H groups in total. The third-order valence-corrected chi connectivity index (χ3v) is 1.88. The summed E-state index contributed by atoms with van der Waals surface area (Å²) in [5.74, 6) is 0.128. The highest BCUT2D eigenvalue weighted by atomic mass is 16.5. The summed E-state index contributed by atoms with van der Waals surface area (Å²) in [7, 11) is 1.69. The molecule has 0 aromatic carbocycles. The molecular formula is C10H22N2O2. The zero-order valence-electron chi connectivity index (χ0n) is 9.27. The third-order valence-electron chi connectivity index (χ3n) is 1.88. The second-order valence-corrected chi connectivity index (χ2v) is 3.15. The fourth-order valence-electron chi connectivity index (χ4n) is 1.07. The molecule has 0 atom stereocenters. The molecule has 0 rings (SSSR count). The Hall–Kier alpha value is -0.610. The van der Waals surface area contributed by atoms with Crippen molar-refractivity contribution >= 4 is 5.91 Å². The molecule has 0 heterocycles. The van der Waals surface area contributed by atoms with E-state index < -0.39 is 0 Å². The Morgan fingerprint density at radius 1 is 1.29 bits per heavy atom. The number of methoxy groups -OCH3 is 1. The molecule has 4 nitrogen and oxygen atoms in total. The Morgan fingerprint density at radius 2 is 2.07 bits per heavy atom. The van der Waals surface area contributed by atoms with E-state index >= 15 is 0 Å². The summed E-state index contributed by atoms with van der Waals surface area (Å²) < 4.78 is 4.91. The zero-order valence-corrected chi connectivity index (χ0v) is 9.27. The minimum Gasteiger partial charge on any atom is -0.385 e. The lowest BCUT2D eigenvalue weighted by Gasteiger charge is -2.04. The maximum atomic E-state index is 11.2. The minimum atomic E-state index is 0.128. The second kappa shape index (κ2) is 10.5. The standard InChI is InChI=1S/C10H22N2O2/c1-3-11-8-6-10(13)12-7-4-5-9-14-2/h11H,3-9H2,1-2H3,(H,12,13). The summed E-state index contributed by atoms with van der Waals surface area (Å²) in [4.78, 5) is 11.2. The highest BCUT2D eigenvalue weighted by Gasteiger charge is 1.98. The Kier molecular flexibility index (Phi) is 10.0. The first kappa shape index (κ1) is 13.4. The maximum absolute atomic E-state index is 11.2. The minimum absolute atomic E-state index is 0.128. The SMILES string of the molecule is CCNCCC(=O)NCCCCOC. The van der Waals surface area contributed by atoms with Crippen LogP contribution in [0.1, 0.15) is 26.2 Å². The Balaban J connectivity index is 3.10. The number of ether oxygens (including phenoxy) is 1. The predicted molar refractivity (Wildman–Crippen MR) is 57.3 cm³/mol. The average molecular weight is 202 g/mol. The van der Waals surface area contributed by atoms with E-state index in [9.17, 15) is 4.79 Å². The first-order valence-corrected chi connectivity index (χ1v) is 5.27. The topological polar surface area (TPSA) is 50.4 Å². The molecule has 0 aromatic heterocycles. The van der Waals surface area contributed by atoms with Gasteiger partial charge in [-0.15, -0.1) is 0 Å². The molecule has 0 aliphatic carbocycles. The third kappa shape index (κ3) is 9.48. The summed E-state index contributed by atoms with van der Waals surface area (Å²) >= 11 is 0. The van der Waals surface area contributed by atoms with Crippen molar-refractivity contribution in [3.63, 3.8) is 0 Å². The summed E-state index contributed by atoms with van der Waals surface area (Å²) in [6.45, 7) is 5.24. The Morgan fingerprint density at radius 3 is 2.71 bits per heavy atom. The van der Waals surface area contributed by atoms with E-state index in [2.05, 4.69) is 10.6 Å². The van der Waals surface area contributed by atoms with Crippen LogP contribution in [-0.2, 0) is 9.53 Å². The summed E-state index contributed by atoms with van der Waals surface area (Å²) in [6.07, 6.45) is 2.56. The number of carbonyl (C=O) groups is 1. The molecule has 1 amide bonds. The van der Waals surface area contributed by atoms with Crippen molar-refractivity contribution < 1.29 is 9.53 Å². The van der Waals surface area contributed by atoms with Gasteiger partial charge in [0.25, 0.3) is 0 Å². The normalized spacial score (nSPS) is 10.1. The van der Waals surface area contributed by atoms with Crippen LogP contribution in [-0.4, -0.2) is 39.3 Å². The molecule has 0 aliphatic heterocycles. The van der Waals surface area contributed by atoms with Gasteiger partial charge in [-0.3, -0.25) is 4.79 Å². The van der Waals surface area contributed by atoms with Crippen molar-refractivity contribution in [2.24, 2.45) is 0 Å². The lowest BCUT2D eigenvalue weighted by Crippen LogP contribution is -2.28. The molecule has 0 radical (unpaired) electrons. The molecule has 0 bridgehead atoms. The van der Waals surface area contributed by atoms with Crippen LogP contribution in [0.2, 0.25) is 0 Å². The summed E-state index contributed by atoms with van der Waals surface area (Å²) in [5.41, 5.74) is 0. The van der Waals surface area contributed by atoms with Gasteiger partial charge >= 0.3 is 0 Å². The van der Waals surface area contributed by atoms with Crippen LogP contribution in [0.5, 0.6) is 0 Å². The molecule has 0 saturated carbocycles. The van der Waals surface area contributed by atoms with Crippen LogP contribution in [0, 0.1) is 0 Å². The molecule has 0 fully saturated rings. The molecular weight excluding hydrogens is 180 g/mol. The molecule has 0 spiro atoms. The van der Waals surface area contributed by atoms with Crippen molar-refractivity contribution in [2.75, 3.05) is 33.4 Å². The van der Waals surface area contributed by atoms with Crippen LogP contribution in [0.15, 0.2) is 0 Å². The van der Waals surface area contributed by atoms with Gasteiger partial charge in [-0.2, -0.15) is 0 Å². The Bertz CT molecular complexity index is 140. The summed E-state index contributed by atoms with van der Waals surface area (Å²) in [5, 5.41) is 5.98. The molecule has 14 heavy (non-hydrogen) atoms. The first-order chi connectivity index (χ1) is 6.81. The number of carbonyl (C=O) groups excluding carboxylic acids is 1. The van der Waals surface area contributed by atoms with Gasteiger partial charge in [0.2, 0.25) is 5.91 Å². The number of unbranched alkanes of at least 4 members (excludes halogenated alkanes) is 1. The highest BCUT2D eigenvalue weighted by molar-refractivity contribution is 5.75. The van der Waals surface area contributed by atoms with Gasteiger partial charge in [0.1, 0.15) is 0 Å². The number of hydrogen-bond acceptors (Lipinski definition) is 3. The average Bonchev–Trinajstić information content (AvgIpc) is 2.18. The van der Waals surface area contributed by atoms with Crippen LogP contribution in [0.25, 0.3) is 0 Å². The van der Waals surface area contributed by atoms with Crippen molar-refractivity contribution in [1.29, 1.82) is 0 Å². The maximum Gasteiger partial charge on any atom is 0.221 e. The van der Waals surface area contributed by atoms with Crippen molar-refractivity contribution in [3.05, 3.63) is 0 Å². The molecule has 0 saturated heterocycles. The highest BCUT2D eigenvalue weighted by Crippen LogP contribution is 1.87. The van der Waals surface area contributed by atoms with E-state index in [0.29, 0.717) is 6.42 Å². The van der Waals surface area contributed by atoms with Gasteiger partial charge in [0, 0.05) is 33.2 Å². The molecule has 0 unspecified atom stereocenters. The second-order valence-electron chi connectivity index (χ2n) is 3.15. The van der Waals surface area contributed by atoms with Crippen LogP contribution < -0.4 is 10.6 Å². The van der Waals surface area contributed by atoms with E-state index in [1.165, 1.54) is 0 Å². The van der Waals surface area contributed by atoms with Crippen LogP contribution in [0.3, 0.4) is 0 Å². The van der Waals surface area contributed by atoms with Gasteiger partial charge in [-0.25, -0.2) is 0 Å².